The van der Waals surface area contributed by atoms with E-state index >= 15 is 0 Å². The molecule has 0 amide bonds. The maximum atomic E-state index is 11.0. The molecule has 6 heteroatoms. The predicted molar refractivity (Wildman–Crippen MR) is 123 cm³/mol. The molecule has 174 valence electrons. The summed E-state index contributed by atoms with van der Waals surface area (Å²) in [4.78, 5) is 11.0. The van der Waals surface area contributed by atoms with Gasteiger partial charge in [0, 0.05) is 6.08 Å². The van der Waals surface area contributed by atoms with E-state index in [4.69, 9.17) is 9.29 Å². The highest BCUT2D eigenvalue weighted by molar-refractivity contribution is 7.85. The van der Waals surface area contributed by atoms with Crippen molar-refractivity contribution in [3.8, 4) is 0 Å². The van der Waals surface area contributed by atoms with Crippen molar-refractivity contribution in [1.29, 1.82) is 0 Å². The van der Waals surface area contributed by atoms with Crippen molar-refractivity contribution in [1.82, 2.24) is 0 Å². The first-order chi connectivity index (χ1) is 13.6. The Balaban J connectivity index is 0. The smallest absolute Gasteiger partial charge is 0.330 e. The lowest BCUT2D eigenvalue weighted by Crippen LogP contribution is -2.12. The molecule has 1 atom stereocenters. The van der Waals surface area contributed by atoms with Crippen molar-refractivity contribution >= 4 is 16.1 Å². The van der Waals surface area contributed by atoms with Gasteiger partial charge in [-0.05, 0) is 25.7 Å². The van der Waals surface area contributed by atoms with Gasteiger partial charge in [0.25, 0.3) is 10.1 Å². The van der Waals surface area contributed by atoms with Crippen LogP contribution in [0.1, 0.15) is 111 Å². The largest absolute Gasteiger partial charge is 0.460 e. The zero-order chi connectivity index (χ0) is 22.5. The second kappa shape index (κ2) is 20.4. The van der Waals surface area contributed by atoms with Gasteiger partial charge < -0.3 is 4.74 Å². The number of ether oxygens (including phenoxy) is 1. The molecule has 0 aromatic rings. The van der Waals surface area contributed by atoms with E-state index in [2.05, 4.69) is 13.5 Å². The van der Waals surface area contributed by atoms with Gasteiger partial charge in [-0.1, -0.05) is 98.0 Å². The Morgan fingerprint density at radius 1 is 0.897 bits per heavy atom. The van der Waals surface area contributed by atoms with E-state index < -0.39 is 10.1 Å². The molecule has 0 radical (unpaired) electrons. The minimum Gasteiger partial charge on any atom is -0.460 e. The highest BCUT2D eigenvalue weighted by atomic mass is 32.2. The van der Waals surface area contributed by atoms with Crippen LogP contribution in [-0.4, -0.2) is 30.8 Å². The van der Waals surface area contributed by atoms with Crippen LogP contribution in [0.15, 0.2) is 12.7 Å². The summed E-state index contributed by atoms with van der Waals surface area (Å²) < 4.78 is 33.3. The van der Waals surface area contributed by atoms with Crippen LogP contribution < -0.4 is 0 Å². The summed E-state index contributed by atoms with van der Waals surface area (Å²) in [6, 6.07) is 0. The summed E-state index contributed by atoms with van der Waals surface area (Å²) in [6.45, 7) is 11.1. The number of carbonyl (C=O) groups excluding carboxylic acids is 1. The summed E-state index contributed by atoms with van der Waals surface area (Å²) >= 11 is 0. The summed E-state index contributed by atoms with van der Waals surface area (Å²) in [5.41, 5.74) is 0. The van der Waals surface area contributed by atoms with Crippen molar-refractivity contribution in [2.45, 2.75) is 117 Å². The summed E-state index contributed by atoms with van der Waals surface area (Å²) in [7, 11) is -3.72. The molecular formula is C23H46O5S. The second-order valence-electron chi connectivity index (χ2n) is 8.27. The molecule has 0 saturated carbocycles. The molecule has 0 bridgehead atoms. The molecule has 0 rings (SSSR count). The van der Waals surface area contributed by atoms with E-state index in [-0.39, 0.29) is 23.7 Å². The maximum absolute atomic E-state index is 11.0. The van der Waals surface area contributed by atoms with Crippen LogP contribution in [0.3, 0.4) is 0 Å². The van der Waals surface area contributed by atoms with Gasteiger partial charge in [-0.15, -0.1) is 0 Å². The monoisotopic (exact) mass is 434 g/mol. The van der Waals surface area contributed by atoms with E-state index in [0.717, 1.165) is 12.8 Å². The highest BCUT2D eigenvalue weighted by Crippen LogP contribution is 2.13. The Morgan fingerprint density at radius 3 is 1.62 bits per heavy atom. The van der Waals surface area contributed by atoms with Crippen molar-refractivity contribution in [3.05, 3.63) is 12.7 Å². The molecule has 0 aliphatic carbocycles. The fourth-order valence-corrected chi connectivity index (χ4v) is 3.84. The highest BCUT2D eigenvalue weighted by Gasteiger charge is 2.06. The first kappa shape index (κ1) is 30.3. The normalized spacial score (nSPS) is 12.2. The third kappa shape index (κ3) is 29.4. The molecule has 1 N–H and O–H groups in total. The van der Waals surface area contributed by atoms with Gasteiger partial charge in [0.2, 0.25) is 0 Å². The molecule has 5 nitrogen and oxygen atoms in total. The number of unbranched alkanes of at least 4 members (excludes halogenated alkanes) is 11. The summed E-state index contributed by atoms with van der Waals surface area (Å²) in [5, 5.41) is 0. The van der Waals surface area contributed by atoms with Gasteiger partial charge in [0.1, 0.15) is 0 Å². The first-order valence-corrected chi connectivity index (χ1v) is 13.0. The van der Waals surface area contributed by atoms with Gasteiger partial charge in [-0.25, -0.2) is 4.79 Å². The van der Waals surface area contributed by atoms with Crippen LogP contribution in [0, 0.1) is 5.92 Å². The maximum Gasteiger partial charge on any atom is 0.330 e. The fraction of sp³-hybridized carbons (Fsp3) is 0.870. The Labute approximate surface area is 180 Å². The van der Waals surface area contributed by atoms with Crippen molar-refractivity contribution < 1.29 is 22.5 Å². The van der Waals surface area contributed by atoms with Crippen molar-refractivity contribution in [2.24, 2.45) is 5.92 Å². The van der Waals surface area contributed by atoms with Crippen LogP contribution in [0.4, 0.5) is 0 Å². The van der Waals surface area contributed by atoms with Gasteiger partial charge in [-0.2, -0.15) is 8.42 Å². The quantitative estimate of drug-likeness (QED) is 0.119. The standard InChI is InChI=1S/C19H36O2.C4H10O3S/c1-4-6-7-8-9-10-11-12-13-14-15-16-17-18(3)21-19(20)5-2;1-4(2)3-8(5,6)7/h5,18H,2,4,6-17H2,1,3H3;4H,3H2,1-2H3,(H,5,6,7). The Kier molecular flexibility index (Phi) is 21.3. The Hall–Kier alpha value is -0.880. The number of rotatable bonds is 17. The van der Waals surface area contributed by atoms with E-state index in [1.165, 1.54) is 76.7 Å². The number of hydrogen-bond donors (Lipinski definition) is 1. The minimum atomic E-state index is -3.72. The van der Waals surface area contributed by atoms with Crippen LogP contribution in [0.2, 0.25) is 0 Å². The SMILES string of the molecule is C=CC(=O)OC(C)CCCCCCCCCCCCCC.CC(C)CS(=O)(=O)O. The number of hydrogen-bond acceptors (Lipinski definition) is 4. The lowest BCUT2D eigenvalue weighted by atomic mass is 10.0. The lowest BCUT2D eigenvalue weighted by Gasteiger charge is -2.11. The molecule has 0 spiro atoms. The van der Waals surface area contributed by atoms with Gasteiger partial charge in [0.05, 0.1) is 11.9 Å². The minimum absolute atomic E-state index is 0.00463. The van der Waals surface area contributed by atoms with Gasteiger partial charge in [-0.3, -0.25) is 4.55 Å². The van der Waals surface area contributed by atoms with Gasteiger partial charge >= 0.3 is 5.97 Å². The lowest BCUT2D eigenvalue weighted by molar-refractivity contribution is -0.142. The average molecular weight is 435 g/mol. The van der Waals surface area contributed by atoms with Crippen molar-refractivity contribution in [2.75, 3.05) is 5.75 Å². The number of carbonyl (C=O) groups is 1. The summed E-state index contributed by atoms with van der Waals surface area (Å²) in [6.07, 6.45) is 18.5. The third-order valence-corrected chi connectivity index (χ3v) is 5.58. The van der Waals surface area contributed by atoms with E-state index in [9.17, 15) is 13.2 Å². The fourth-order valence-electron chi connectivity index (χ4n) is 3.00. The molecule has 0 fully saturated rings. The molecular weight excluding hydrogens is 388 g/mol. The van der Waals surface area contributed by atoms with Crippen molar-refractivity contribution in [3.63, 3.8) is 0 Å². The molecule has 1 unspecified atom stereocenters. The second-order valence-corrected chi connectivity index (χ2v) is 9.77. The number of esters is 1. The third-order valence-electron chi connectivity index (χ3n) is 4.49. The predicted octanol–water partition coefficient (Wildman–Crippen LogP) is 6.73. The topological polar surface area (TPSA) is 80.7 Å². The van der Waals surface area contributed by atoms with Crippen LogP contribution in [0.5, 0.6) is 0 Å². The molecule has 29 heavy (non-hydrogen) atoms. The van der Waals surface area contributed by atoms with Crippen LogP contribution >= 0.6 is 0 Å². The molecule has 0 aliphatic heterocycles. The summed E-state index contributed by atoms with van der Waals surface area (Å²) in [5.74, 6) is -0.445. The zero-order valence-corrected chi connectivity index (χ0v) is 20.1. The van der Waals surface area contributed by atoms with E-state index in [0.29, 0.717) is 0 Å². The zero-order valence-electron chi connectivity index (χ0n) is 19.3. The Bertz CT molecular complexity index is 485. The molecule has 0 aromatic heterocycles. The van der Waals surface area contributed by atoms with E-state index in [1.54, 1.807) is 13.8 Å². The Morgan fingerprint density at radius 2 is 1.31 bits per heavy atom. The molecule has 0 aromatic carbocycles. The van der Waals surface area contributed by atoms with E-state index in [1.807, 2.05) is 6.92 Å². The molecule has 0 saturated heterocycles. The molecule has 0 aliphatic rings. The molecule has 0 heterocycles. The average Bonchev–Trinajstić information content (AvgIpc) is 2.61. The van der Waals surface area contributed by atoms with Crippen LogP contribution in [-0.2, 0) is 19.6 Å². The van der Waals surface area contributed by atoms with Crippen LogP contribution in [0.25, 0.3) is 0 Å². The van der Waals surface area contributed by atoms with Gasteiger partial charge in [0.15, 0.2) is 0 Å². The first-order valence-electron chi connectivity index (χ1n) is 11.4.